The molecule has 6 rings (SSSR count). The fraction of sp³-hybridized carbons (Fsp3) is 0.133. The molecular formula is C30H27N5. The van der Waals surface area contributed by atoms with E-state index in [1.165, 1.54) is 22.0 Å². The number of hydrogen-bond donors (Lipinski definition) is 1. The molecule has 1 aliphatic carbocycles. The molecule has 0 spiro atoms. The Labute approximate surface area is 205 Å². The molecule has 3 aromatic carbocycles. The van der Waals surface area contributed by atoms with Gasteiger partial charge in [0.1, 0.15) is 0 Å². The van der Waals surface area contributed by atoms with E-state index in [9.17, 15) is 0 Å². The van der Waals surface area contributed by atoms with Crippen molar-refractivity contribution in [2.45, 2.75) is 13.0 Å². The molecule has 2 heterocycles. The van der Waals surface area contributed by atoms with Gasteiger partial charge in [-0.1, -0.05) is 42.5 Å². The summed E-state index contributed by atoms with van der Waals surface area (Å²) in [5.41, 5.74) is 13.1. The first kappa shape index (κ1) is 23.6. The van der Waals surface area contributed by atoms with Crippen LogP contribution in [0.15, 0.2) is 85.2 Å². The van der Waals surface area contributed by atoms with Crippen LogP contribution in [0.1, 0.15) is 27.8 Å². The van der Waals surface area contributed by atoms with Gasteiger partial charge in [0.15, 0.2) is 0 Å². The van der Waals surface area contributed by atoms with Crippen LogP contribution < -0.4 is 5.73 Å². The van der Waals surface area contributed by atoms with Crippen molar-refractivity contribution in [1.82, 2.24) is 9.13 Å². The van der Waals surface area contributed by atoms with Gasteiger partial charge in [-0.05, 0) is 59.5 Å². The summed E-state index contributed by atoms with van der Waals surface area (Å²) in [4.78, 5) is 0. The average Bonchev–Trinajstić information content (AvgIpc) is 3.63. The van der Waals surface area contributed by atoms with Crippen LogP contribution in [-0.2, 0) is 27.1 Å². The van der Waals surface area contributed by atoms with E-state index in [-0.39, 0.29) is 0 Å². The Hall–Kier alpha value is -4.58. The van der Waals surface area contributed by atoms with Gasteiger partial charge >= 0.3 is 0 Å². The standard InChI is InChI=1S/C10H12N2.C10H8N2.C10H7N/c2*1-12-6-5-9-8(7-11)3-2-4-10(9)12;11-7-9-5-1-3-8-4-2-6-10(8)9/h2-6H,7,11H2,1H3;2-6H,1H3;1-3,5-6H,4H2. The van der Waals surface area contributed by atoms with Crippen molar-refractivity contribution in [3.05, 3.63) is 113 Å². The minimum absolute atomic E-state index is 0.612. The Bertz CT molecular complexity index is 1600. The number of nitriles is 2. The van der Waals surface area contributed by atoms with E-state index in [2.05, 4.69) is 53.2 Å². The number of rotatable bonds is 1. The molecule has 0 amide bonds. The molecule has 0 saturated carbocycles. The molecule has 0 fully saturated rings. The lowest BCUT2D eigenvalue weighted by molar-refractivity contribution is 0.968. The summed E-state index contributed by atoms with van der Waals surface area (Å²) in [6, 6.07) is 26.2. The van der Waals surface area contributed by atoms with E-state index in [1.54, 1.807) is 0 Å². The van der Waals surface area contributed by atoms with Crippen LogP contribution in [0.4, 0.5) is 0 Å². The number of fused-ring (bicyclic) bond motifs is 3. The zero-order valence-electron chi connectivity index (χ0n) is 19.9. The Kier molecular flexibility index (Phi) is 7.12. The van der Waals surface area contributed by atoms with Gasteiger partial charge in [-0.25, -0.2) is 0 Å². The maximum Gasteiger partial charge on any atom is 0.0998 e. The van der Waals surface area contributed by atoms with Gasteiger partial charge in [-0.15, -0.1) is 0 Å². The molecular weight excluding hydrogens is 430 g/mol. The molecule has 0 aliphatic heterocycles. The molecule has 0 saturated heterocycles. The zero-order chi connectivity index (χ0) is 24.8. The molecule has 0 bridgehead atoms. The monoisotopic (exact) mass is 457 g/mol. The van der Waals surface area contributed by atoms with Crippen LogP contribution in [0.3, 0.4) is 0 Å². The van der Waals surface area contributed by atoms with Crippen LogP contribution >= 0.6 is 0 Å². The van der Waals surface area contributed by atoms with Crippen molar-refractivity contribution in [3.8, 4) is 12.1 Å². The summed E-state index contributed by atoms with van der Waals surface area (Å²) in [5.74, 6) is 0. The molecule has 0 atom stereocenters. The summed E-state index contributed by atoms with van der Waals surface area (Å²) < 4.78 is 4.12. The molecule has 0 unspecified atom stereocenters. The highest BCUT2D eigenvalue weighted by molar-refractivity contribution is 5.86. The quantitative estimate of drug-likeness (QED) is 0.344. The predicted octanol–water partition coefficient (Wildman–Crippen LogP) is 5.81. The van der Waals surface area contributed by atoms with E-state index in [1.807, 2.05) is 73.4 Å². The van der Waals surface area contributed by atoms with Crippen molar-refractivity contribution in [2.75, 3.05) is 0 Å². The lowest BCUT2D eigenvalue weighted by Gasteiger charge is -1.99. The van der Waals surface area contributed by atoms with Crippen molar-refractivity contribution in [3.63, 3.8) is 0 Å². The third-order valence-corrected chi connectivity index (χ3v) is 6.23. The summed E-state index contributed by atoms with van der Waals surface area (Å²) in [5, 5.41) is 19.8. The fourth-order valence-corrected chi connectivity index (χ4v) is 4.33. The molecule has 2 N–H and O–H groups in total. The van der Waals surface area contributed by atoms with Crippen LogP contribution in [-0.4, -0.2) is 9.13 Å². The van der Waals surface area contributed by atoms with Crippen molar-refractivity contribution < 1.29 is 0 Å². The topological polar surface area (TPSA) is 83.5 Å². The normalized spacial score (nSPS) is 11.1. The highest BCUT2D eigenvalue weighted by atomic mass is 14.9. The van der Waals surface area contributed by atoms with Crippen LogP contribution in [0.25, 0.3) is 27.9 Å². The van der Waals surface area contributed by atoms with E-state index < -0.39 is 0 Å². The van der Waals surface area contributed by atoms with Gasteiger partial charge in [0.25, 0.3) is 0 Å². The van der Waals surface area contributed by atoms with E-state index in [4.69, 9.17) is 16.3 Å². The lowest BCUT2D eigenvalue weighted by atomic mass is 10.0. The van der Waals surface area contributed by atoms with Gasteiger partial charge in [-0.3, -0.25) is 0 Å². The molecule has 1 aliphatic rings. The molecule has 0 radical (unpaired) electrons. The first-order valence-electron chi connectivity index (χ1n) is 11.4. The first-order chi connectivity index (χ1) is 17.1. The van der Waals surface area contributed by atoms with E-state index >= 15 is 0 Å². The molecule has 5 heteroatoms. The highest BCUT2D eigenvalue weighted by Gasteiger charge is 2.07. The second-order valence-electron chi connectivity index (χ2n) is 8.35. The van der Waals surface area contributed by atoms with Gasteiger partial charge in [-0.2, -0.15) is 10.5 Å². The predicted molar refractivity (Wildman–Crippen MR) is 142 cm³/mol. The Morgan fingerprint density at radius 2 is 1.37 bits per heavy atom. The highest BCUT2D eigenvalue weighted by Crippen LogP contribution is 2.22. The van der Waals surface area contributed by atoms with E-state index in [0.717, 1.165) is 34.0 Å². The van der Waals surface area contributed by atoms with Crippen molar-refractivity contribution >= 4 is 27.9 Å². The number of hydrogen-bond acceptors (Lipinski definition) is 3. The Morgan fingerprint density at radius 3 is 2.06 bits per heavy atom. The second kappa shape index (κ2) is 10.6. The van der Waals surface area contributed by atoms with Crippen LogP contribution in [0, 0.1) is 22.7 Å². The van der Waals surface area contributed by atoms with E-state index in [0.29, 0.717) is 6.54 Å². The van der Waals surface area contributed by atoms with Gasteiger partial charge in [0.2, 0.25) is 0 Å². The Morgan fingerprint density at radius 1 is 0.771 bits per heavy atom. The second-order valence-corrected chi connectivity index (χ2v) is 8.35. The van der Waals surface area contributed by atoms with Gasteiger partial charge in [0, 0.05) is 54.8 Å². The minimum Gasteiger partial charge on any atom is -0.351 e. The van der Waals surface area contributed by atoms with Crippen molar-refractivity contribution in [1.29, 1.82) is 10.5 Å². The number of nitrogens with zero attached hydrogens (tertiary/aromatic N) is 4. The number of benzene rings is 3. The fourth-order valence-electron chi connectivity index (χ4n) is 4.33. The molecule has 2 aromatic heterocycles. The first-order valence-corrected chi connectivity index (χ1v) is 11.4. The van der Waals surface area contributed by atoms with Crippen LogP contribution in [0.5, 0.6) is 0 Å². The Balaban J connectivity index is 0.000000124. The summed E-state index contributed by atoms with van der Waals surface area (Å²) in [6.07, 6.45) is 9.11. The molecule has 35 heavy (non-hydrogen) atoms. The summed E-state index contributed by atoms with van der Waals surface area (Å²) in [6.45, 7) is 0.612. The number of aromatic nitrogens is 2. The smallest absolute Gasteiger partial charge is 0.0998 e. The van der Waals surface area contributed by atoms with Crippen LogP contribution in [0.2, 0.25) is 0 Å². The summed E-state index contributed by atoms with van der Waals surface area (Å²) in [7, 11) is 4.02. The number of aryl methyl sites for hydroxylation is 2. The third kappa shape index (κ3) is 4.87. The third-order valence-electron chi connectivity index (χ3n) is 6.23. The minimum atomic E-state index is 0.612. The van der Waals surface area contributed by atoms with Gasteiger partial charge < -0.3 is 14.9 Å². The number of nitrogens with two attached hydrogens (primary N) is 1. The molecule has 5 nitrogen and oxygen atoms in total. The summed E-state index contributed by atoms with van der Waals surface area (Å²) >= 11 is 0. The maximum absolute atomic E-state index is 8.79. The maximum atomic E-state index is 8.79. The molecule has 5 aromatic rings. The average molecular weight is 458 g/mol. The lowest BCUT2D eigenvalue weighted by Crippen LogP contribution is -1.96. The van der Waals surface area contributed by atoms with Crippen molar-refractivity contribution in [2.24, 2.45) is 19.8 Å². The van der Waals surface area contributed by atoms with Gasteiger partial charge in [0.05, 0.1) is 23.3 Å². The largest absolute Gasteiger partial charge is 0.351 e. The SMILES string of the molecule is Cn1ccc2c(C#N)cccc21.Cn1ccc2c(CN)cccc21.N#Cc1cccc2c1C=CC2. The zero-order valence-corrected chi connectivity index (χ0v) is 19.9. The molecule has 172 valence electrons. The number of allylic oxidation sites excluding steroid dienone is 1.